The highest BCUT2D eigenvalue weighted by Gasteiger charge is 2.21. The molecule has 1 saturated heterocycles. The Morgan fingerprint density at radius 3 is 2.72 bits per heavy atom. The predicted octanol–water partition coefficient (Wildman–Crippen LogP) is 3.23. The van der Waals surface area contributed by atoms with Crippen molar-refractivity contribution in [1.82, 2.24) is 25.4 Å². The first-order valence-electron chi connectivity index (χ1n) is 10.3. The number of aryl methyl sites for hydroxylation is 1. The molecule has 1 unspecified atom stereocenters. The summed E-state index contributed by atoms with van der Waals surface area (Å²) in [4.78, 5) is 6.88. The third-order valence-electron chi connectivity index (χ3n) is 5.16. The Labute approximate surface area is 204 Å². The third kappa shape index (κ3) is 7.31. The lowest BCUT2D eigenvalue weighted by Gasteiger charge is -2.35. The van der Waals surface area contributed by atoms with E-state index in [0.29, 0.717) is 19.0 Å². The number of ether oxygens (including phenoxy) is 1. The average Bonchev–Trinajstić information content (AvgIpc) is 3.08. The summed E-state index contributed by atoms with van der Waals surface area (Å²) >= 11 is 0. The van der Waals surface area contributed by atoms with Gasteiger partial charge in [0.15, 0.2) is 11.8 Å². The number of hydrogen-bond donors (Lipinski definition) is 2. The van der Waals surface area contributed by atoms with Gasteiger partial charge in [0.1, 0.15) is 18.1 Å². The van der Waals surface area contributed by atoms with Crippen molar-refractivity contribution in [2.75, 3.05) is 24.5 Å². The molecule has 0 saturated carbocycles. The number of guanidine groups is 1. The number of halogens is 3. The number of nitrogens with one attached hydrogen (secondary N) is 2. The Balaban J connectivity index is 0.00000363. The molecule has 0 aliphatic carbocycles. The summed E-state index contributed by atoms with van der Waals surface area (Å²) in [5, 5.41) is 15.0. The highest BCUT2D eigenvalue weighted by Crippen LogP contribution is 2.23. The molecular weight excluding hydrogens is 531 g/mol. The van der Waals surface area contributed by atoms with Gasteiger partial charge in [-0.2, -0.15) is 8.78 Å². The molecular formula is C21H30F2IN7O. The summed E-state index contributed by atoms with van der Waals surface area (Å²) in [6.45, 7) is 5.51. The molecule has 2 aromatic rings. The summed E-state index contributed by atoms with van der Waals surface area (Å²) in [5.74, 6) is 2.47. The number of benzene rings is 1. The van der Waals surface area contributed by atoms with Gasteiger partial charge in [-0.3, -0.25) is 0 Å². The van der Waals surface area contributed by atoms with Crippen molar-refractivity contribution < 1.29 is 13.5 Å². The minimum Gasteiger partial charge on any atom is -0.435 e. The van der Waals surface area contributed by atoms with Crippen LogP contribution < -0.4 is 20.3 Å². The molecule has 1 fully saturated rings. The normalized spacial score (nSPS) is 16.5. The molecule has 1 aromatic carbocycles. The fraction of sp³-hybridized carbons (Fsp3) is 0.476. The molecule has 1 aliphatic rings. The van der Waals surface area contributed by atoms with E-state index >= 15 is 0 Å². The zero-order chi connectivity index (χ0) is 22.2. The maximum absolute atomic E-state index is 12.4. The number of hydrogen-bond acceptors (Lipinski definition) is 5. The van der Waals surface area contributed by atoms with Gasteiger partial charge in [-0.05, 0) is 44.0 Å². The number of rotatable bonds is 8. The minimum absolute atomic E-state index is 0. The van der Waals surface area contributed by atoms with Gasteiger partial charge < -0.3 is 24.8 Å². The Morgan fingerprint density at radius 2 is 2.09 bits per heavy atom. The second-order valence-corrected chi connectivity index (χ2v) is 7.36. The van der Waals surface area contributed by atoms with Crippen LogP contribution in [0.4, 0.5) is 14.5 Å². The fourth-order valence-corrected chi connectivity index (χ4v) is 3.42. The van der Waals surface area contributed by atoms with Crippen molar-refractivity contribution in [3.63, 3.8) is 0 Å². The number of aromatic nitrogens is 3. The van der Waals surface area contributed by atoms with Gasteiger partial charge in [0.25, 0.3) is 0 Å². The summed E-state index contributed by atoms with van der Waals surface area (Å²) in [5.41, 5.74) is 0.972. The predicted molar refractivity (Wildman–Crippen MR) is 132 cm³/mol. The molecule has 1 aromatic heterocycles. The zero-order valence-electron chi connectivity index (χ0n) is 18.3. The van der Waals surface area contributed by atoms with E-state index in [2.05, 4.69) is 42.0 Å². The fourth-order valence-electron chi connectivity index (χ4n) is 3.42. The first-order valence-corrected chi connectivity index (χ1v) is 10.3. The van der Waals surface area contributed by atoms with Gasteiger partial charge in [-0.1, -0.05) is 6.08 Å². The van der Waals surface area contributed by atoms with Crippen LogP contribution in [0.1, 0.15) is 24.5 Å². The van der Waals surface area contributed by atoms with Gasteiger partial charge in [0.05, 0.1) is 0 Å². The smallest absolute Gasteiger partial charge is 0.387 e. The largest absolute Gasteiger partial charge is 0.435 e. The van der Waals surface area contributed by atoms with E-state index < -0.39 is 6.61 Å². The topological polar surface area (TPSA) is 79.6 Å². The quantitative estimate of drug-likeness (QED) is 0.223. The molecule has 8 nitrogen and oxygen atoms in total. The van der Waals surface area contributed by atoms with Gasteiger partial charge in [-0.15, -0.1) is 40.8 Å². The molecule has 32 heavy (non-hydrogen) atoms. The van der Waals surface area contributed by atoms with Crippen LogP contribution in [0.2, 0.25) is 0 Å². The van der Waals surface area contributed by atoms with E-state index in [-0.39, 0.29) is 35.8 Å². The first kappa shape index (κ1) is 25.8. The molecule has 0 spiro atoms. The molecule has 11 heteroatoms. The molecule has 2 heterocycles. The summed E-state index contributed by atoms with van der Waals surface area (Å²) in [6.07, 6.45) is 3.78. The van der Waals surface area contributed by atoms with E-state index in [4.69, 9.17) is 0 Å². The van der Waals surface area contributed by atoms with E-state index in [1.54, 1.807) is 18.2 Å². The van der Waals surface area contributed by atoms with Crippen LogP contribution in [0, 0.1) is 6.92 Å². The van der Waals surface area contributed by atoms with E-state index in [1.807, 2.05) is 30.7 Å². The third-order valence-corrected chi connectivity index (χ3v) is 5.16. The van der Waals surface area contributed by atoms with Crippen molar-refractivity contribution in [2.45, 2.75) is 39.0 Å². The lowest BCUT2D eigenvalue weighted by molar-refractivity contribution is -0.0498. The molecule has 1 atom stereocenters. The van der Waals surface area contributed by atoms with Crippen LogP contribution in [-0.2, 0) is 13.6 Å². The van der Waals surface area contributed by atoms with E-state index in [0.717, 1.165) is 43.3 Å². The number of piperidine rings is 1. The summed E-state index contributed by atoms with van der Waals surface area (Å²) in [7, 11) is 1.92. The van der Waals surface area contributed by atoms with Crippen molar-refractivity contribution in [1.29, 1.82) is 0 Å². The van der Waals surface area contributed by atoms with Gasteiger partial charge in [-0.25, -0.2) is 4.99 Å². The second kappa shape index (κ2) is 12.6. The molecule has 176 valence electrons. The zero-order valence-corrected chi connectivity index (χ0v) is 20.6. The van der Waals surface area contributed by atoms with E-state index in [9.17, 15) is 8.78 Å². The number of nitrogens with zero attached hydrogens (tertiary/aromatic N) is 5. The molecule has 0 radical (unpaired) electrons. The maximum Gasteiger partial charge on any atom is 0.387 e. The average molecular weight is 561 g/mol. The van der Waals surface area contributed by atoms with Gasteiger partial charge in [0, 0.05) is 38.4 Å². The highest BCUT2D eigenvalue weighted by atomic mass is 127. The number of alkyl halides is 2. The maximum atomic E-state index is 12.4. The van der Waals surface area contributed by atoms with Crippen molar-refractivity contribution in [2.24, 2.45) is 12.0 Å². The summed E-state index contributed by atoms with van der Waals surface area (Å²) in [6, 6.07) is 6.94. The monoisotopic (exact) mass is 561 g/mol. The van der Waals surface area contributed by atoms with Crippen LogP contribution in [0.3, 0.4) is 0 Å². The lowest BCUT2D eigenvalue weighted by Crippen LogP contribution is -2.51. The molecule has 3 rings (SSSR count). The molecule has 0 bridgehead atoms. The van der Waals surface area contributed by atoms with Crippen LogP contribution in [0.25, 0.3) is 0 Å². The first-order chi connectivity index (χ1) is 15.0. The SMILES string of the molecule is C=CCNC(=NCc1nnc(C)n1C)NC1CCCN(c2ccc(OC(F)F)cc2)C1.I. The molecule has 0 amide bonds. The Hall–Kier alpha value is -2.44. The molecule has 1 aliphatic heterocycles. The van der Waals surface area contributed by atoms with E-state index in [1.165, 1.54) is 0 Å². The van der Waals surface area contributed by atoms with Gasteiger partial charge in [0.2, 0.25) is 0 Å². The van der Waals surface area contributed by atoms with Crippen molar-refractivity contribution >= 4 is 35.6 Å². The Bertz CT molecular complexity index is 889. The van der Waals surface area contributed by atoms with Crippen molar-refractivity contribution in [3.05, 3.63) is 48.6 Å². The van der Waals surface area contributed by atoms with Crippen LogP contribution in [0.5, 0.6) is 5.75 Å². The number of anilines is 1. The minimum atomic E-state index is -2.82. The highest BCUT2D eigenvalue weighted by molar-refractivity contribution is 14.0. The molecule has 2 N–H and O–H groups in total. The lowest BCUT2D eigenvalue weighted by atomic mass is 10.0. The Kier molecular flexibility index (Phi) is 10.1. The standard InChI is InChI=1S/C21H29F2N7O.HI/c1-4-11-24-21(25-13-19-28-27-15(2)29(19)3)26-16-6-5-12-30(14-16)17-7-9-18(10-8-17)31-20(22)23;/h4,7-10,16,20H,1,5-6,11-14H2,2-3H3,(H2,24,25,26);1H. The Morgan fingerprint density at radius 1 is 1.34 bits per heavy atom. The number of aliphatic imine (C=N–C) groups is 1. The second-order valence-electron chi connectivity index (χ2n) is 7.36. The van der Waals surface area contributed by atoms with Crippen molar-refractivity contribution in [3.8, 4) is 5.75 Å². The van der Waals surface area contributed by atoms with Gasteiger partial charge >= 0.3 is 6.61 Å². The van der Waals surface area contributed by atoms with Crippen LogP contribution >= 0.6 is 24.0 Å². The van der Waals surface area contributed by atoms with Crippen LogP contribution in [-0.4, -0.2) is 53.0 Å². The van der Waals surface area contributed by atoms with Crippen LogP contribution in [0.15, 0.2) is 41.9 Å². The summed E-state index contributed by atoms with van der Waals surface area (Å²) < 4.78 is 31.1.